The summed E-state index contributed by atoms with van der Waals surface area (Å²) in [7, 11) is 1.38. The Labute approximate surface area is 167 Å². The van der Waals surface area contributed by atoms with E-state index in [1.165, 1.54) is 19.2 Å². The van der Waals surface area contributed by atoms with Crippen molar-refractivity contribution >= 4 is 17.5 Å². The van der Waals surface area contributed by atoms with Gasteiger partial charge in [0.1, 0.15) is 5.75 Å². The van der Waals surface area contributed by atoms with Crippen LogP contribution in [0.15, 0.2) is 36.4 Å². The number of aryl methyl sites for hydroxylation is 3. The monoisotopic (exact) mass is 408 g/mol. The van der Waals surface area contributed by atoms with Crippen molar-refractivity contribution in [3.05, 3.63) is 58.7 Å². The third kappa shape index (κ3) is 5.97. The molecular formula is C21H23F3N2O3. The van der Waals surface area contributed by atoms with Crippen molar-refractivity contribution in [2.24, 2.45) is 0 Å². The molecule has 0 atom stereocenters. The first-order valence-corrected chi connectivity index (χ1v) is 8.89. The third-order valence-electron chi connectivity index (χ3n) is 4.26. The minimum absolute atomic E-state index is 0.284. The zero-order valence-corrected chi connectivity index (χ0v) is 16.7. The van der Waals surface area contributed by atoms with Crippen molar-refractivity contribution in [3.63, 3.8) is 0 Å². The van der Waals surface area contributed by atoms with Crippen molar-refractivity contribution in [1.82, 2.24) is 4.90 Å². The molecule has 0 radical (unpaired) electrons. The third-order valence-corrected chi connectivity index (χ3v) is 4.26. The molecule has 0 spiro atoms. The van der Waals surface area contributed by atoms with E-state index < -0.39 is 30.1 Å². The van der Waals surface area contributed by atoms with Crippen molar-refractivity contribution < 1.29 is 27.5 Å². The summed E-state index contributed by atoms with van der Waals surface area (Å²) in [5.74, 6) is -0.607. The fourth-order valence-corrected chi connectivity index (χ4v) is 2.97. The molecule has 8 heteroatoms. The van der Waals surface area contributed by atoms with Gasteiger partial charge in [0.25, 0.3) is 5.91 Å². The number of hydrogen-bond donors (Lipinski definition) is 1. The van der Waals surface area contributed by atoms with E-state index in [4.69, 9.17) is 4.74 Å². The lowest BCUT2D eigenvalue weighted by Gasteiger charge is -2.19. The van der Waals surface area contributed by atoms with Crippen LogP contribution in [-0.4, -0.2) is 36.9 Å². The van der Waals surface area contributed by atoms with Crippen LogP contribution in [0, 0.1) is 20.8 Å². The Hall–Kier alpha value is -3.03. The number of nitrogens with zero attached hydrogens (tertiary/aromatic N) is 1. The molecule has 2 aromatic carbocycles. The number of likely N-dealkylation sites (N-methyl/N-ethyl adjacent to an activating group) is 1. The van der Waals surface area contributed by atoms with Gasteiger partial charge in [-0.1, -0.05) is 29.8 Å². The van der Waals surface area contributed by atoms with Crippen LogP contribution < -0.4 is 10.1 Å². The molecule has 0 aliphatic heterocycles. The summed E-state index contributed by atoms with van der Waals surface area (Å²) < 4.78 is 44.6. The first-order chi connectivity index (χ1) is 13.5. The lowest BCUT2D eigenvalue weighted by atomic mass is 10.1. The molecule has 0 bridgehead atoms. The predicted octanol–water partition coefficient (Wildman–Crippen LogP) is 4.11. The average molecular weight is 408 g/mol. The van der Waals surface area contributed by atoms with E-state index in [9.17, 15) is 22.8 Å². The Balaban J connectivity index is 1.96. The van der Waals surface area contributed by atoms with Gasteiger partial charge in [-0.05, 0) is 44.0 Å². The summed E-state index contributed by atoms with van der Waals surface area (Å²) in [6.07, 6.45) is -4.59. The number of amides is 2. The Morgan fingerprint density at radius 1 is 1.07 bits per heavy atom. The molecule has 0 saturated carbocycles. The molecule has 0 aliphatic rings. The largest absolute Gasteiger partial charge is 0.483 e. The Bertz CT molecular complexity index is 887. The van der Waals surface area contributed by atoms with Crippen molar-refractivity contribution in [1.29, 1.82) is 0 Å². The molecule has 156 valence electrons. The molecule has 0 fully saturated rings. The molecule has 0 unspecified atom stereocenters. The summed E-state index contributed by atoms with van der Waals surface area (Å²) in [5, 5.41) is 2.21. The minimum atomic E-state index is -4.59. The second-order valence-electron chi connectivity index (χ2n) is 6.86. The number of nitrogens with one attached hydrogen (secondary N) is 1. The van der Waals surface area contributed by atoms with Crippen molar-refractivity contribution in [2.75, 3.05) is 25.5 Å². The quantitative estimate of drug-likeness (QED) is 0.783. The average Bonchev–Trinajstić information content (AvgIpc) is 2.59. The maximum absolute atomic E-state index is 13.0. The standard InChI is InChI=1S/C21H23F3N2O3/c1-13-9-14(2)20(15(3)10-13)29-12-19(28)26(4)11-18(27)25-17-8-6-5-7-16(17)21(22,23)24/h5-10H,11-12H2,1-4H3,(H,25,27). The number of carbonyl (C=O) groups is 2. The topological polar surface area (TPSA) is 58.6 Å². The number of ether oxygens (including phenoxy) is 1. The molecule has 2 amide bonds. The van der Waals surface area contributed by atoms with Crippen molar-refractivity contribution in [2.45, 2.75) is 26.9 Å². The van der Waals surface area contributed by atoms with Crippen LogP contribution >= 0.6 is 0 Å². The van der Waals surface area contributed by atoms with E-state index in [0.717, 1.165) is 33.7 Å². The number of rotatable bonds is 6. The lowest BCUT2D eigenvalue weighted by Crippen LogP contribution is -2.38. The van der Waals surface area contributed by atoms with Gasteiger partial charge in [0.05, 0.1) is 17.8 Å². The van der Waals surface area contributed by atoms with Crippen LogP contribution in [0.1, 0.15) is 22.3 Å². The van der Waals surface area contributed by atoms with E-state index in [1.54, 1.807) is 0 Å². The number of benzene rings is 2. The number of para-hydroxylation sites is 1. The maximum atomic E-state index is 13.0. The summed E-state index contributed by atoms with van der Waals surface area (Å²) in [4.78, 5) is 25.5. The Morgan fingerprint density at radius 2 is 1.66 bits per heavy atom. The highest BCUT2D eigenvalue weighted by molar-refractivity contribution is 5.95. The predicted molar refractivity (Wildman–Crippen MR) is 104 cm³/mol. The summed E-state index contributed by atoms with van der Waals surface area (Å²) in [5.41, 5.74) is 1.55. The fourth-order valence-electron chi connectivity index (χ4n) is 2.97. The van der Waals surface area contributed by atoms with E-state index in [1.807, 2.05) is 32.9 Å². The summed E-state index contributed by atoms with van der Waals surface area (Å²) >= 11 is 0. The van der Waals surface area contributed by atoms with E-state index >= 15 is 0 Å². The van der Waals surface area contributed by atoms with Crippen molar-refractivity contribution in [3.8, 4) is 5.75 Å². The maximum Gasteiger partial charge on any atom is 0.418 e. The Kier molecular flexibility index (Phi) is 6.89. The summed E-state index contributed by atoms with van der Waals surface area (Å²) in [6, 6.07) is 8.53. The van der Waals surface area contributed by atoms with Crippen LogP contribution in [0.3, 0.4) is 0 Å². The molecule has 2 rings (SSSR count). The second-order valence-corrected chi connectivity index (χ2v) is 6.86. The van der Waals surface area contributed by atoms with Crippen LogP contribution in [-0.2, 0) is 15.8 Å². The van der Waals surface area contributed by atoms with Gasteiger partial charge >= 0.3 is 6.18 Å². The van der Waals surface area contributed by atoms with Gasteiger partial charge in [-0.2, -0.15) is 13.2 Å². The number of anilines is 1. The van der Waals surface area contributed by atoms with Gasteiger partial charge in [-0.3, -0.25) is 9.59 Å². The van der Waals surface area contributed by atoms with Crippen LogP contribution in [0.5, 0.6) is 5.75 Å². The van der Waals surface area contributed by atoms with Gasteiger partial charge in [-0.25, -0.2) is 0 Å². The zero-order valence-electron chi connectivity index (χ0n) is 16.7. The van der Waals surface area contributed by atoms with Gasteiger partial charge in [0.2, 0.25) is 5.91 Å². The highest BCUT2D eigenvalue weighted by Crippen LogP contribution is 2.34. The number of halogens is 3. The number of alkyl halides is 3. The molecule has 0 aliphatic carbocycles. The smallest absolute Gasteiger partial charge is 0.418 e. The molecule has 0 aromatic heterocycles. The molecule has 0 saturated heterocycles. The molecule has 0 heterocycles. The first-order valence-electron chi connectivity index (χ1n) is 8.89. The van der Waals surface area contributed by atoms with E-state index in [0.29, 0.717) is 5.75 Å². The highest BCUT2D eigenvalue weighted by Gasteiger charge is 2.33. The van der Waals surface area contributed by atoms with Crippen LogP contribution in [0.2, 0.25) is 0 Å². The highest BCUT2D eigenvalue weighted by atomic mass is 19.4. The SMILES string of the molecule is Cc1cc(C)c(OCC(=O)N(C)CC(=O)Nc2ccccc2C(F)(F)F)c(C)c1. The van der Waals surface area contributed by atoms with Crippen LogP contribution in [0.25, 0.3) is 0 Å². The molecular weight excluding hydrogens is 385 g/mol. The molecule has 2 aromatic rings. The second kappa shape index (κ2) is 8.98. The van der Waals surface area contributed by atoms with E-state index in [2.05, 4.69) is 5.32 Å². The van der Waals surface area contributed by atoms with Gasteiger partial charge in [-0.15, -0.1) is 0 Å². The van der Waals surface area contributed by atoms with Gasteiger partial charge < -0.3 is 15.0 Å². The number of hydrogen-bond acceptors (Lipinski definition) is 3. The lowest BCUT2D eigenvalue weighted by molar-refractivity contribution is -0.137. The molecule has 29 heavy (non-hydrogen) atoms. The zero-order chi connectivity index (χ0) is 21.8. The summed E-state index contributed by atoms with van der Waals surface area (Å²) in [6.45, 7) is 5.01. The molecule has 5 nitrogen and oxygen atoms in total. The number of carbonyl (C=O) groups excluding carboxylic acids is 2. The van der Waals surface area contributed by atoms with Gasteiger partial charge in [0, 0.05) is 7.05 Å². The van der Waals surface area contributed by atoms with E-state index in [-0.39, 0.29) is 12.3 Å². The first kappa shape index (κ1) is 22.3. The molecule has 1 N–H and O–H groups in total. The minimum Gasteiger partial charge on any atom is -0.483 e. The van der Waals surface area contributed by atoms with Gasteiger partial charge in [0.15, 0.2) is 6.61 Å². The Morgan fingerprint density at radius 3 is 2.24 bits per heavy atom. The normalized spacial score (nSPS) is 11.1. The van der Waals surface area contributed by atoms with Crippen LogP contribution in [0.4, 0.5) is 18.9 Å². The fraction of sp³-hybridized carbons (Fsp3) is 0.333.